The van der Waals surface area contributed by atoms with Crippen molar-refractivity contribution in [2.75, 3.05) is 0 Å². The van der Waals surface area contributed by atoms with Crippen LogP contribution in [-0.4, -0.2) is 15.5 Å². The van der Waals surface area contributed by atoms with Gasteiger partial charge in [0.1, 0.15) is 0 Å². The van der Waals surface area contributed by atoms with Crippen LogP contribution in [-0.2, 0) is 0 Å². The molecule has 7 heteroatoms. The van der Waals surface area contributed by atoms with Gasteiger partial charge in [0.05, 0.1) is 15.5 Å². The molecule has 0 saturated carbocycles. The molecule has 56 valence electrons. The summed E-state index contributed by atoms with van der Waals surface area (Å²) in [7, 11) is 0. The van der Waals surface area contributed by atoms with Crippen molar-refractivity contribution in [3.05, 3.63) is 0 Å². The van der Waals surface area contributed by atoms with Gasteiger partial charge in [0.15, 0.2) is 0 Å². The van der Waals surface area contributed by atoms with Gasteiger partial charge in [0.25, 0.3) is 0 Å². The minimum atomic E-state index is 0. The third-order valence-electron chi connectivity index (χ3n) is 0. The molecule has 0 amide bonds. The molecule has 0 rings (SSSR count). The maximum atomic E-state index is 5.77. The van der Waals surface area contributed by atoms with Gasteiger partial charge in [-0.05, 0) is 36.7 Å². The Kier molecular flexibility index (Phi) is 152. The molecular formula is C3H6N3PS3. The van der Waals surface area contributed by atoms with Crippen LogP contribution in [0.15, 0.2) is 0 Å². The predicted octanol–water partition coefficient (Wildman–Crippen LogP) is 2.06. The number of hydrogen-bond donors (Lipinski definition) is 3. The second-order valence-electron chi connectivity index (χ2n) is 0.306. The van der Waals surface area contributed by atoms with E-state index in [0.717, 1.165) is 0 Å². The maximum Gasteiger partial charge on any atom is 0.0554 e. The van der Waals surface area contributed by atoms with Gasteiger partial charge in [-0.15, -0.1) is 0 Å². The predicted molar refractivity (Wildman–Crippen MR) is 57.1 cm³/mol. The van der Waals surface area contributed by atoms with E-state index >= 15 is 0 Å². The van der Waals surface area contributed by atoms with Crippen molar-refractivity contribution in [1.29, 1.82) is 16.2 Å². The van der Waals surface area contributed by atoms with E-state index < -0.39 is 0 Å². The van der Waals surface area contributed by atoms with Crippen molar-refractivity contribution in [2.24, 2.45) is 0 Å². The summed E-state index contributed by atoms with van der Waals surface area (Å²) in [6, 6.07) is 0. The topological polar surface area (TPSA) is 71.6 Å². The summed E-state index contributed by atoms with van der Waals surface area (Å²) < 4.78 is 0. The first kappa shape index (κ1) is 22.5. The van der Waals surface area contributed by atoms with E-state index in [1.165, 1.54) is 0 Å². The fraction of sp³-hybridized carbons (Fsp3) is 0. The summed E-state index contributed by atoms with van der Waals surface area (Å²) in [6.45, 7) is 0. The fourth-order valence-corrected chi connectivity index (χ4v) is 0. The zero-order chi connectivity index (χ0) is 8.12. The third kappa shape index (κ3) is 12600. The summed E-state index contributed by atoms with van der Waals surface area (Å²) >= 11 is 11.4. The van der Waals surface area contributed by atoms with Gasteiger partial charge < -0.3 is 0 Å². The van der Waals surface area contributed by atoms with Gasteiger partial charge in [0, 0.05) is 0 Å². The average Bonchev–Trinajstić information content (AvgIpc) is 1.70. The Morgan fingerprint density at radius 1 is 0.700 bits per heavy atom. The summed E-state index contributed by atoms with van der Waals surface area (Å²) in [5.41, 5.74) is 0. The van der Waals surface area contributed by atoms with Gasteiger partial charge >= 0.3 is 0 Å². The summed E-state index contributed by atoms with van der Waals surface area (Å²) in [6.07, 6.45) is 0. The lowest BCUT2D eigenvalue weighted by Crippen LogP contribution is -1.03. The number of thiocarbonyl (C=S) groups is 3. The van der Waals surface area contributed by atoms with E-state index in [2.05, 4.69) is 36.7 Å². The van der Waals surface area contributed by atoms with Gasteiger partial charge in [-0.1, -0.05) is 0 Å². The van der Waals surface area contributed by atoms with Crippen LogP contribution in [0.4, 0.5) is 0 Å². The summed E-state index contributed by atoms with van der Waals surface area (Å²) in [4.78, 5) is 0. The molecule has 0 aromatic rings. The SMILES string of the molecule is N=C=S.N=C=S.N=C=S.P. The van der Waals surface area contributed by atoms with Crippen molar-refractivity contribution >= 4 is 62.0 Å². The molecule has 0 aromatic heterocycles. The van der Waals surface area contributed by atoms with Crippen molar-refractivity contribution in [2.45, 2.75) is 0 Å². The second-order valence-corrected chi connectivity index (χ2v) is 0.919. The second kappa shape index (κ2) is 67.6. The maximum absolute atomic E-state index is 5.77. The first-order valence-electron chi connectivity index (χ1n) is 1.36. The Bertz CT molecular complexity index is 111. The van der Waals surface area contributed by atoms with E-state index in [9.17, 15) is 0 Å². The first-order chi connectivity index (χ1) is 4.24. The van der Waals surface area contributed by atoms with Crippen molar-refractivity contribution < 1.29 is 0 Å². The molecule has 0 fully saturated rings. The van der Waals surface area contributed by atoms with Gasteiger partial charge in [0.2, 0.25) is 0 Å². The highest BCUT2D eigenvalue weighted by molar-refractivity contribution is 7.78. The molecule has 0 aliphatic rings. The number of hydrogen-bond acceptors (Lipinski definition) is 6. The Morgan fingerprint density at radius 3 is 0.700 bits per heavy atom. The lowest BCUT2D eigenvalue weighted by molar-refractivity contribution is 1.61. The standard InChI is InChI=1S/3CHNS.H3P/c3*2-1-3;/h3*2H;1H3. The molecule has 3 N–H and O–H groups in total. The molecule has 0 heterocycles. The lowest BCUT2D eigenvalue weighted by atomic mass is 11.8. The van der Waals surface area contributed by atoms with E-state index in [1.54, 1.807) is 15.5 Å². The highest BCUT2D eigenvalue weighted by Gasteiger charge is 0.980. The summed E-state index contributed by atoms with van der Waals surface area (Å²) in [5.74, 6) is 0. The summed E-state index contributed by atoms with van der Waals surface area (Å²) in [5, 5.41) is 22.1. The molecule has 0 saturated heterocycles. The third-order valence-corrected chi connectivity index (χ3v) is 0. The Morgan fingerprint density at radius 2 is 0.700 bits per heavy atom. The van der Waals surface area contributed by atoms with E-state index in [-0.39, 0.29) is 9.90 Å². The molecule has 0 radical (unpaired) electrons. The quantitative estimate of drug-likeness (QED) is 0.326. The van der Waals surface area contributed by atoms with Gasteiger partial charge in [-0.3, -0.25) is 0 Å². The van der Waals surface area contributed by atoms with Crippen LogP contribution in [0.3, 0.4) is 0 Å². The highest BCUT2D eigenvalue weighted by Crippen LogP contribution is 1.17. The minimum Gasteiger partial charge on any atom is -0.248 e. The van der Waals surface area contributed by atoms with E-state index in [1.807, 2.05) is 0 Å². The lowest BCUT2D eigenvalue weighted by Gasteiger charge is -1.05. The molecule has 0 aliphatic carbocycles. The van der Waals surface area contributed by atoms with Crippen LogP contribution in [0, 0.1) is 16.2 Å². The van der Waals surface area contributed by atoms with E-state index in [4.69, 9.17) is 16.2 Å². The number of isothiocyanates is 3. The van der Waals surface area contributed by atoms with Crippen LogP contribution in [0.5, 0.6) is 0 Å². The molecule has 0 bridgehead atoms. The average molecular weight is 211 g/mol. The van der Waals surface area contributed by atoms with Crippen molar-refractivity contribution in [1.82, 2.24) is 0 Å². The molecule has 0 aliphatic heterocycles. The molecule has 1 atom stereocenters. The van der Waals surface area contributed by atoms with Crippen LogP contribution in [0.2, 0.25) is 0 Å². The van der Waals surface area contributed by atoms with Crippen LogP contribution in [0.1, 0.15) is 0 Å². The zero-order valence-corrected chi connectivity index (χ0v) is 8.80. The Hall–Kier alpha value is -0.170. The van der Waals surface area contributed by atoms with Gasteiger partial charge in [-0.25, -0.2) is 16.2 Å². The molecule has 0 spiro atoms. The Labute approximate surface area is 78.4 Å². The van der Waals surface area contributed by atoms with Crippen LogP contribution < -0.4 is 0 Å². The molecule has 3 nitrogen and oxygen atoms in total. The molecule has 1 unspecified atom stereocenters. The van der Waals surface area contributed by atoms with Gasteiger partial charge in [-0.2, -0.15) is 9.90 Å². The monoisotopic (exact) mass is 211 g/mol. The zero-order valence-electron chi connectivity index (χ0n) is 4.93. The Balaban J connectivity index is -0.0000000257. The molecule has 10 heavy (non-hydrogen) atoms. The number of rotatable bonds is 0. The van der Waals surface area contributed by atoms with Crippen LogP contribution in [0.25, 0.3) is 0 Å². The molecule has 0 aromatic carbocycles. The van der Waals surface area contributed by atoms with Crippen LogP contribution >= 0.6 is 46.6 Å². The largest absolute Gasteiger partial charge is 0.248 e. The number of nitrogens with one attached hydrogen (secondary N) is 3. The van der Waals surface area contributed by atoms with Crippen molar-refractivity contribution in [3.8, 4) is 0 Å². The van der Waals surface area contributed by atoms with Crippen molar-refractivity contribution in [3.63, 3.8) is 0 Å². The first-order valence-corrected chi connectivity index (χ1v) is 2.59. The minimum absolute atomic E-state index is 0. The highest BCUT2D eigenvalue weighted by atomic mass is 32.1. The van der Waals surface area contributed by atoms with E-state index in [0.29, 0.717) is 0 Å². The molecular weight excluding hydrogens is 205 g/mol. The normalized spacial score (nSPS) is 2.40. The smallest absolute Gasteiger partial charge is 0.0554 e. The fourth-order valence-electron chi connectivity index (χ4n) is 0.